The maximum atomic E-state index is 2.42. The third-order valence-electron chi connectivity index (χ3n) is 3.75. The molecule has 0 amide bonds. The lowest BCUT2D eigenvalue weighted by Gasteiger charge is -2.10. The Balaban J connectivity index is 2.15. The highest BCUT2D eigenvalue weighted by Crippen LogP contribution is 2.49. The van der Waals surface area contributed by atoms with Crippen molar-refractivity contribution in [3.8, 4) is 0 Å². The fourth-order valence-electron chi connectivity index (χ4n) is 2.23. The van der Waals surface area contributed by atoms with E-state index >= 15 is 0 Å². The monoisotopic (exact) mass is 168 g/mol. The molecule has 1 aliphatic carbocycles. The van der Waals surface area contributed by atoms with Gasteiger partial charge in [0.25, 0.3) is 0 Å². The van der Waals surface area contributed by atoms with Crippen LogP contribution in [0.5, 0.6) is 0 Å². The SMILES string of the molecule is CCC(C)CC1CC1C(C)CC. The van der Waals surface area contributed by atoms with Gasteiger partial charge >= 0.3 is 0 Å². The summed E-state index contributed by atoms with van der Waals surface area (Å²) in [6, 6.07) is 0. The van der Waals surface area contributed by atoms with Gasteiger partial charge in [0, 0.05) is 0 Å². The predicted octanol–water partition coefficient (Wildman–Crippen LogP) is 4.10. The largest absolute Gasteiger partial charge is 0.0651 e. The lowest BCUT2D eigenvalue weighted by Crippen LogP contribution is -2.00. The van der Waals surface area contributed by atoms with E-state index < -0.39 is 0 Å². The standard InChI is InChI=1S/C12H24/c1-5-9(3)7-11-8-12(11)10(4)6-2/h9-12H,5-8H2,1-4H3. The molecule has 4 atom stereocenters. The Morgan fingerprint density at radius 3 is 2.33 bits per heavy atom. The van der Waals surface area contributed by atoms with E-state index in [0.29, 0.717) is 0 Å². The highest BCUT2D eigenvalue weighted by Gasteiger charge is 2.40. The maximum absolute atomic E-state index is 2.42. The molecule has 0 aliphatic heterocycles. The molecule has 0 saturated heterocycles. The van der Waals surface area contributed by atoms with E-state index in [9.17, 15) is 0 Å². The van der Waals surface area contributed by atoms with Gasteiger partial charge in [-0.15, -0.1) is 0 Å². The van der Waals surface area contributed by atoms with E-state index in [0.717, 1.165) is 23.7 Å². The van der Waals surface area contributed by atoms with Crippen LogP contribution in [-0.2, 0) is 0 Å². The van der Waals surface area contributed by atoms with Gasteiger partial charge in [-0.1, -0.05) is 40.5 Å². The molecule has 0 bridgehead atoms. The van der Waals surface area contributed by atoms with Gasteiger partial charge in [-0.3, -0.25) is 0 Å². The quantitative estimate of drug-likeness (QED) is 0.579. The predicted molar refractivity (Wildman–Crippen MR) is 55.1 cm³/mol. The van der Waals surface area contributed by atoms with Crippen LogP contribution in [0.3, 0.4) is 0 Å². The number of hydrogen-bond acceptors (Lipinski definition) is 0. The van der Waals surface area contributed by atoms with Crippen LogP contribution in [0.15, 0.2) is 0 Å². The summed E-state index contributed by atoms with van der Waals surface area (Å²) in [4.78, 5) is 0. The van der Waals surface area contributed by atoms with Crippen molar-refractivity contribution >= 4 is 0 Å². The van der Waals surface area contributed by atoms with Gasteiger partial charge in [-0.25, -0.2) is 0 Å². The van der Waals surface area contributed by atoms with Crippen molar-refractivity contribution in [2.75, 3.05) is 0 Å². The van der Waals surface area contributed by atoms with E-state index in [1.807, 2.05) is 0 Å². The van der Waals surface area contributed by atoms with Crippen molar-refractivity contribution in [2.24, 2.45) is 23.7 Å². The molecule has 0 spiro atoms. The first-order valence-electron chi connectivity index (χ1n) is 5.69. The Hall–Kier alpha value is 0. The van der Waals surface area contributed by atoms with Crippen LogP contribution < -0.4 is 0 Å². The van der Waals surface area contributed by atoms with Crippen molar-refractivity contribution < 1.29 is 0 Å². The van der Waals surface area contributed by atoms with Gasteiger partial charge in [0.05, 0.1) is 0 Å². The molecule has 0 nitrogen and oxygen atoms in total. The molecule has 72 valence electrons. The Morgan fingerprint density at radius 2 is 1.83 bits per heavy atom. The van der Waals surface area contributed by atoms with Crippen molar-refractivity contribution in [1.82, 2.24) is 0 Å². The first-order valence-corrected chi connectivity index (χ1v) is 5.69. The molecule has 1 saturated carbocycles. The van der Waals surface area contributed by atoms with Crippen molar-refractivity contribution in [3.63, 3.8) is 0 Å². The van der Waals surface area contributed by atoms with E-state index in [2.05, 4.69) is 27.7 Å². The molecule has 1 aliphatic rings. The first kappa shape index (κ1) is 10.1. The van der Waals surface area contributed by atoms with E-state index in [1.165, 1.54) is 25.7 Å². The van der Waals surface area contributed by atoms with E-state index in [-0.39, 0.29) is 0 Å². The third kappa shape index (κ3) is 2.50. The molecule has 0 N–H and O–H groups in total. The van der Waals surface area contributed by atoms with Gasteiger partial charge < -0.3 is 0 Å². The zero-order valence-electron chi connectivity index (χ0n) is 9.14. The van der Waals surface area contributed by atoms with Crippen LogP contribution >= 0.6 is 0 Å². The second-order valence-electron chi connectivity index (χ2n) is 4.79. The Morgan fingerprint density at radius 1 is 1.17 bits per heavy atom. The topological polar surface area (TPSA) is 0 Å². The van der Waals surface area contributed by atoms with E-state index in [1.54, 1.807) is 0 Å². The van der Waals surface area contributed by atoms with Crippen LogP contribution in [0.4, 0.5) is 0 Å². The van der Waals surface area contributed by atoms with E-state index in [4.69, 9.17) is 0 Å². The minimum atomic E-state index is 0.962. The molecule has 4 unspecified atom stereocenters. The maximum Gasteiger partial charge on any atom is -0.0357 e. The molecule has 0 heteroatoms. The molecule has 12 heavy (non-hydrogen) atoms. The third-order valence-corrected chi connectivity index (χ3v) is 3.75. The van der Waals surface area contributed by atoms with Gasteiger partial charge in [-0.05, 0) is 36.5 Å². The average Bonchev–Trinajstić information content (AvgIpc) is 2.82. The van der Waals surface area contributed by atoms with Crippen molar-refractivity contribution in [3.05, 3.63) is 0 Å². The smallest absolute Gasteiger partial charge is 0.0357 e. The summed E-state index contributed by atoms with van der Waals surface area (Å²) in [5, 5.41) is 0. The fourth-order valence-corrected chi connectivity index (χ4v) is 2.23. The van der Waals surface area contributed by atoms with Gasteiger partial charge in [-0.2, -0.15) is 0 Å². The summed E-state index contributed by atoms with van der Waals surface area (Å²) in [5.41, 5.74) is 0. The van der Waals surface area contributed by atoms with Crippen molar-refractivity contribution in [1.29, 1.82) is 0 Å². The molecule has 0 heterocycles. The van der Waals surface area contributed by atoms with Crippen LogP contribution in [0, 0.1) is 23.7 Å². The summed E-state index contributed by atoms with van der Waals surface area (Å²) in [5.74, 6) is 4.13. The highest BCUT2D eigenvalue weighted by molar-refractivity contribution is 4.89. The normalized spacial score (nSPS) is 33.0. The summed E-state index contributed by atoms with van der Waals surface area (Å²) in [7, 11) is 0. The first-order chi connectivity index (χ1) is 5.69. The van der Waals surface area contributed by atoms with Gasteiger partial charge in [0.2, 0.25) is 0 Å². The molecular weight excluding hydrogens is 144 g/mol. The van der Waals surface area contributed by atoms with Crippen LogP contribution in [0.1, 0.15) is 53.4 Å². The molecule has 0 aromatic carbocycles. The second kappa shape index (κ2) is 4.30. The molecule has 0 aromatic rings. The fraction of sp³-hybridized carbons (Fsp3) is 1.00. The lowest BCUT2D eigenvalue weighted by atomic mass is 9.96. The average molecular weight is 168 g/mol. The van der Waals surface area contributed by atoms with Crippen molar-refractivity contribution in [2.45, 2.75) is 53.4 Å². The van der Waals surface area contributed by atoms with Crippen LogP contribution in [0.2, 0.25) is 0 Å². The molecule has 1 fully saturated rings. The van der Waals surface area contributed by atoms with Gasteiger partial charge in [0.15, 0.2) is 0 Å². The highest BCUT2D eigenvalue weighted by atomic mass is 14.4. The second-order valence-corrected chi connectivity index (χ2v) is 4.79. The number of rotatable bonds is 5. The lowest BCUT2D eigenvalue weighted by molar-refractivity contribution is 0.407. The van der Waals surface area contributed by atoms with Crippen LogP contribution in [0.25, 0.3) is 0 Å². The minimum Gasteiger partial charge on any atom is -0.0651 e. The Labute approximate surface area is 77.7 Å². The zero-order chi connectivity index (χ0) is 9.14. The molecule has 1 rings (SSSR count). The molecule has 0 radical (unpaired) electrons. The Bertz CT molecular complexity index is 128. The molecular formula is C12H24. The summed E-state index contributed by atoms with van der Waals surface area (Å²) >= 11 is 0. The summed E-state index contributed by atoms with van der Waals surface area (Å²) < 4.78 is 0. The Kier molecular flexibility index (Phi) is 3.61. The minimum absolute atomic E-state index is 0.962. The zero-order valence-corrected chi connectivity index (χ0v) is 9.14. The van der Waals surface area contributed by atoms with Gasteiger partial charge in [0.1, 0.15) is 0 Å². The molecule has 0 aromatic heterocycles. The van der Waals surface area contributed by atoms with Crippen LogP contribution in [-0.4, -0.2) is 0 Å². The summed E-state index contributed by atoms with van der Waals surface area (Å²) in [6.07, 6.45) is 5.76. The number of hydrogen-bond donors (Lipinski definition) is 0. The summed E-state index contributed by atoms with van der Waals surface area (Å²) in [6.45, 7) is 9.45.